The van der Waals surface area contributed by atoms with Crippen LogP contribution in [-0.2, 0) is 11.2 Å². The lowest BCUT2D eigenvalue weighted by Gasteiger charge is -2.35. The molecule has 176 valence electrons. The van der Waals surface area contributed by atoms with Gasteiger partial charge in [-0.1, -0.05) is 0 Å². The number of aromatic amines is 1. The van der Waals surface area contributed by atoms with Crippen LogP contribution in [-0.4, -0.2) is 47.0 Å². The summed E-state index contributed by atoms with van der Waals surface area (Å²) in [4.78, 5) is 27.4. The third kappa shape index (κ3) is 4.33. The van der Waals surface area contributed by atoms with Gasteiger partial charge < -0.3 is 30.7 Å². The molecule has 4 N–H and O–H groups in total. The lowest BCUT2D eigenvalue weighted by molar-refractivity contribution is -0.112. The van der Waals surface area contributed by atoms with Crippen molar-refractivity contribution in [2.45, 2.75) is 44.6 Å². The second-order valence-electron chi connectivity index (χ2n) is 9.42. The Kier molecular flexibility index (Phi) is 5.69. The summed E-state index contributed by atoms with van der Waals surface area (Å²) >= 11 is 0. The Hall–Kier alpha value is -3.88. The number of carbonyl (C=O) groups is 1. The van der Waals surface area contributed by atoms with E-state index < -0.39 is 0 Å². The van der Waals surface area contributed by atoms with Crippen LogP contribution < -0.4 is 20.3 Å². The van der Waals surface area contributed by atoms with Gasteiger partial charge in [0.2, 0.25) is 0 Å². The average Bonchev–Trinajstić information content (AvgIpc) is 3.46. The van der Waals surface area contributed by atoms with Crippen LogP contribution in [0, 0.1) is 5.41 Å². The first kappa shape index (κ1) is 21.9. The first-order valence-corrected chi connectivity index (χ1v) is 11.6. The third-order valence-electron chi connectivity index (χ3n) is 6.35. The summed E-state index contributed by atoms with van der Waals surface area (Å²) in [6.45, 7) is 5.79. The normalized spacial score (nSPS) is 21.9. The average molecular weight is 460 g/mol. The minimum atomic E-state index is -0.385. The summed E-state index contributed by atoms with van der Waals surface area (Å²) in [6, 6.07) is 4.05. The van der Waals surface area contributed by atoms with Crippen molar-refractivity contribution in [2.75, 3.05) is 23.3 Å². The zero-order valence-corrected chi connectivity index (χ0v) is 19.4. The summed E-state index contributed by atoms with van der Waals surface area (Å²) in [5.74, 6) is 2.08. The van der Waals surface area contributed by atoms with Crippen molar-refractivity contribution in [1.29, 1.82) is 5.41 Å². The number of piperidine rings is 1. The Bertz CT molecular complexity index is 1190. The van der Waals surface area contributed by atoms with Gasteiger partial charge in [-0.05, 0) is 38.8 Å². The van der Waals surface area contributed by atoms with E-state index in [9.17, 15) is 4.79 Å². The molecule has 1 unspecified atom stereocenters. The number of rotatable bonds is 5. The molecule has 1 atom stereocenters. The number of anilines is 2. The molecular weight excluding hydrogens is 430 g/mol. The SMILES string of the molecule is CC1(C)Cc2cc(NC(=O)/C(C=N)=C3\N=CC=CN3)c(N3CCCC(c4ncc[nH]4)C3)cc2O1. The van der Waals surface area contributed by atoms with Crippen molar-refractivity contribution < 1.29 is 9.53 Å². The van der Waals surface area contributed by atoms with Crippen molar-refractivity contribution in [3.05, 3.63) is 59.6 Å². The van der Waals surface area contributed by atoms with Crippen molar-refractivity contribution in [3.63, 3.8) is 0 Å². The van der Waals surface area contributed by atoms with Gasteiger partial charge in [0.05, 0.1) is 16.9 Å². The molecule has 9 heteroatoms. The largest absolute Gasteiger partial charge is 0.487 e. The van der Waals surface area contributed by atoms with E-state index >= 15 is 0 Å². The molecule has 3 aliphatic rings. The number of imidazole rings is 1. The van der Waals surface area contributed by atoms with E-state index in [1.54, 1.807) is 24.7 Å². The van der Waals surface area contributed by atoms with E-state index in [0.717, 1.165) is 61.4 Å². The molecule has 1 aromatic carbocycles. The predicted molar refractivity (Wildman–Crippen MR) is 133 cm³/mol. The third-order valence-corrected chi connectivity index (χ3v) is 6.35. The number of aromatic nitrogens is 2. The molecule has 0 radical (unpaired) electrons. The molecule has 1 amide bonds. The summed E-state index contributed by atoms with van der Waals surface area (Å²) in [5.41, 5.74) is 2.55. The Balaban J connectivity index is 1.49. The highest BCUT2D eigenvalue weighted by Crippen LogP contribution is 2.43. The summed E-state index contributed by atoms with van der Waals surface area (Å²) < 4.78 is 6.21. The summed E-state index contributed by atoms with van der Waals surface area (Å²) in [6.07, 6.45) is 12.5. The molecule has 3 aliphatic heterocycles. The zero-order chi connectivity index (χ0) is 23.7. The molecule has 34 heavy (non-hydrogen) atoms. The molecule has 1 fully saturated rings. The van der Waals surface area contributed by atoms with Gasteiger partial charge in [-0.2, -0.15) is 0 Å². The van der Waals surface area contributed by atoms with E-state index in [1.807, 2.05) is 18.3 Å². The van der Waals surface area contributed by atoms with Gasteiger partial charge in [-0.15, -0.1) is 0 Å². The topological polar surface area (TPSA) is 118 Å². The molecular formula is C25H29N7O2. The van der Waals surface area contributed by atoms with E-state index in [4.69, 9.17) is 10.1 Å². The second kappa shape index (κ2) is 8.81. The van der Waals surface area contributed by atoms with E-state index in [0.29, 0.717) is 11.5 Å². The zero-order valence-electron chi connectivity index (χ0n) is 19.4. The minimum Gasteiger partial charge on any atom is -0.487 e. The molecule has 4 heterocycles. The number of hydrogen-bond acceptors (Lipinski definition) is 7. The number of hydrogen-bond donors (Lipinski definition) is 4. The fraction of sp³-hybridized carbons (Fsp3) is 0.360. The highest BCUT2D eigenvalue weighted by molar-refractivity contribution is 6.18. The fourth-order valence-electron chi connectivity index (χ4n) is 4.82. The summed E-state index contributed by atoms with van der Waals surface area (Å²) in [7, 11) is 0. The molecule has 0 spiro atoms. The standard InChI is InChI=1S/C25H29N7O2/c1-25(2)13-17-11-19(31-24(33)18(14-26)23-27-6-4-7-28-23)20(12-21(17)34-25)32-10-3-5-16(15-32)22-29-8-9-30-22/h4,6-9,11-12,14,16,26-27H,3,5,10,13,15H2,1-2H3,(H,29,30)(H,31,33)/b23-18-,26-14?. The van der Waals surface area contributed by atoms with Gasteiger partial charge in [-0.3, -0.25) is 4.79 Å². The number of H-pyrrole nitrogens is 1. The van der Waals surface area contributed by atoms with Gasteiger partial charge in [0.15, 0.2) is 0 Å². The van der Waals surface area contributed by atoms with Gasteiger partial charge in [0.25, 0.3) is 5.91 Å². The number of carbonyl (C=O) groups excluding carboxylic acids is 1. The predicted octanol–water partition coefficient (Wildman–Crippen LogP) is 3.49. The van der Waals surface area contributed by atoms with E-state index in [1.165, 1.54) is 0 Å². The number of aliphatic imine (C=N–C) groups is 1. The smallest absolute Gasteiger partial charge is 0.261 e. The molecule has 0 saturated carbocycles. The Morgan fingerprint density at radius 1 is 1.38 bits per heavy atom. The van der Waals surface area contributed by atoms with Crippen LogP contribution in [0.2, 0.25) is 0 Å². The molecule has 2 aromatic rings. The van der Waals surface area contributed by atoms with Gasteiger partial charge >= 0.3 is 0 Å². The Morgan fingerprint density at radius 2 is 2.26 bits per heavy atom. The first-order valence-electron chi connectivity index (χ1n) is 11.6. The first-order chi connectivity index (χ1) is 16.4. The number of nitrogens with zero attached hydrogens (tertiary/aromatic N) is 3. The molecule has 0 bridgehead atoms. The van der Waals surface area contributed by atoms with Crippen LogP contribution in [0.25, 0.3) is 0 Å². The van der Waals surface area contributed by atoms with Crippen molar-refractivity contribution in [3.8, 4) is 5.75 Å². The summed E-state index contributed by atoms with van der Waals surface area (Å²) in [5, 5.41) is 13.8. The van der Waals surface area contributed by atoms with Gasteiger partial charge in [-0.25, -0.2) is 9.98 Å². The number of amides is 1. The van der Waals surface area contributed by atoms with Gasteiger partial charge in [0, 0.05) is 68.1 Å². The van der Waals surface area contributed by atoms with Crippen LogP contribution >= 0.6 is 0 Å². The van der Waals surface area contributed by atoms with Gasteiger partial charge in [0.1, 0.15) is 23.0 Å². The molecule has 1 aromatic heterocycles. The highest BCUT2D eigenvalue weighted by Gasteiger charge is 2.33. The Labute approximate surface area is 198 Å². The molecule has 1 saturated heterocycles. The fourth-order valence-corrected chi connectivity index (χ4v) is 4.82. The van der Waals surface area contributed by atoms with Crippen LogP contribution in [0.1, 0.15) is 44.0 Å². The number of fused-ring (bicyclic) bond motifs is 1. The van der Waals surface area contributed by atoms with Crippen LogP contribution in [0.4, 0.5) is 11.4 Å². The lowest BCUT2D eigenvalue weighted by atomic mass is 9.96. The van der Waals surface area contributed by atoms with E-state index in [-0.39, 0.29) is 23.0 Å². The second-order valence-corrected chi connectivity index (χ2v) is 9.42. The number of nitrogens with one attached hydrogen (secondary N) is 4. The quantitative estimate of drug-likeness (QED) is 0.403. The molecule has 9 nitrogen and oxygen atoms in total. The maximum absolute atomic E-state index is 13.2. The van der Waals surface area contributed by atoms with Crippen molar-refractivity contribution in [2.24, 2.45) is 4.99 Å². The van der Waals surface area contributed by atoms with Crippen molar-refractivity contribution in [1.82, 2.24) is 15.3 Å². The number of allylic oxidation sites excluding steroid dienone is 1. The number of ether oxygens (including phenoxy) is 1. The maximum Gasteiger partial charge on any atom is 0.261 e. The monoisotopic (exact) mass is 459 g/mol. The molecule has 5 rings (SSSR count). The molecule has 0 aliphatic carbocycles. The van der Waals surface area contributed by atoms with Crippen LogP contribution in [0.5, 0.6) is 5.75 Å². The highest BCUT2D eigenvalue weighted by atomic mass is 16.5. The van der Waals surface area contributed by atoms with Crippen LogP contribution in [0.3, 0.4) is 0 Å². The van der Waals surface area contributed by atoms with E-state index in [2.05, 4.69) is 44.3 Å². The number of benzene rings is 1. The lowest BCUT2D eigenvalue weighted by Crippen LogP contribution is -2.35. The Morgan fingerprint density at radius 3 is 3.00 bits per heavy atom. The minimum absolute atomic E-state index is 0.163. The maximum atomic E-state index is 13.2. The van der Waals surface area contributed by atoms with Crippen LogP contribution in [0.15, 0.2) is 53.2 Å². The van der Waals surface area contributed by atoms with Crippen molar-refractivity contribution >= 4 is 29.7 Å².